The zero-order valence-corrected chi connectivity index (χ0v) is 18.9. The number of aryl methyl sites for hydroxylation is 2. The van der Waals surface area contributed by atoms with Gasteiger partial charge in [0.1, 0.15) is 9.90 Å². The van der Waals surface area contributed by atoms with Gasteiger partial charge in [0.05, 0.1) is 10.0 Å². The minimum Gasteiger partial charge on any atom is -0.335 e. The van der Waals surface area contributed by atoms with Crippen molar-refractivity contribution in [1.82, 2.24) is 19.4 Å². The lowest BCUT2D eigenvalue weighted by molar-refractivity contribution is 0.0692. The maximum absolute atomic E-state index is 12.9. The average Bonchev–Trinajstić information content (AvgIpc) is 3.37. The lowest BCUT2D eigenvalue weighted by Crippen LogP contribution is -2.50. The van der Waals surface area contributed by atoms with Crippen LogP contribution in [-0.2, 0) is 10.0 Å². The monoisotopic (exact) mass is 464 g/mol. The predicted molar refractivity (Wildman–Crippen MR) is 117 cm³/mol. The standard InChI is InChI=1S/C20H21ClN4O3S2/c1-13-3-4-15(14(2)11-13)16-12-17(23-22-16)20(26)24-7-9-25(10-8-24)30(27,28)19-6-5-18(21)29-19/h3-6,11-12H,7-10H2,1-2H3,(H,22,23). The number of carbonyl (C=O) groups excluding carboxylic acids is 1. The van der Waals surface area contributed by atoms with Gasteiger partial charge >= 0.3 is 0 Å². The second-order valence-electron chi connectivity index (χ2n) is 7.24. The molecule has 1 aromatic carbocycles. The molecule has 1 saturated heterocycles. The van der Waals surface area contributed by atoms with E-state index in [-0.39, 0.29) is 23.2 Å². The van der Waals surface area contributed by atoms with Crippen molar-refractivity contribution in [2.45, 2.75) is 18.1 Å². The van der Waals surface area contributed by atoms with Crippen molar-refractivity contribution in [3.63, 3.8) is 0 Å². The third-order valence-corrected chi connectivity index (χ3v) is 8.73. The van der Waals surface area contributed by atoms with Gasteiger partial charge in [-0.2, -0.15) is 9.40 Å². The van der Waals surface area contributed by atoms with Gasteiger partial charge < -0.3 is 4.90 Å². The van der Waals surface area contributed by atoms with Crippen molar-refractivity contribution in [3.8, 4) is 11.3 Å². The fourth-order valence-corrected chi connectivity index (χ4v) is 6.59. The van der Waals surface area contributed by atoms with E-state index < -0.39 is 10.0 Å². The number of rotatable bonds is 4. The fraction of sp³-hybridized carbons (Fsp3) is 0.300. The molecule has 0 saturated carbocycles. The van der Waals surface area contributed by atoms with Gasteiger partial charge in [-0.3, -0.25) is 9.89 Å². The largest absolute Gasteiger partial charge is 0.335 e. The minimum atomic E-state index is -3.59. The van der Waals surface area contributed by atoms with E-state index in [1.165, 1.54) is 15.9 Å². The fourth-order valence-electron chi connectivity index (χ4n) is 3.54. The van der Waals surface area contributed by atoms with Gasteiger partial charge in [0.15, 0.2) is 0 Å². The van der Waals surface area contributed by atoms with Crippen molar-refractivity contribution in [2.24, 2.45) is 0 Å². The van der Waals surface area contributed by atoms with Crippen LogP contribution in [0, 0.1) is 13.8 Å². The van der Waals surface area contributed by atoms with Gasteiger partial charge in [-0.05, 0) is 37.6 Å². The number of H-pyrrole nitrogens is 1. The summed E-state index contributed by atoms with van der Waals surface area (Å²) in [6.45, 7) is 5.15. The Morgan fingerprint density at radius 2 is 1.83 bits per heavy atom. The number of sulfonamides is 1. The third kappa shape index (κ3) is 4.02. The predicted octanol–water partition coefficient (Wildman–Crippen LogP) is 3.56. The highest BCUT2D eigenvalue weighted by Crippen LogP contribution is 2.29. The molecule has 0 bridgehead atoms. The Morgan fingerprint density at radius 1 is 1.10 bits per heavy atom. The molecule has 7 nitrogen and oxygen atoms in total. The first-order valence-electron chi connectivity index (χ1n) is 9.43. The molecule has 1 amide bonds. The number of nitrogens with zero attached hydrogens (tertiary/aromatic N) is 3. The molecule has 4 rings (SSSR count). The summed E-state index contributed by atoms with van der Waals surface area (Å²) in [4.78, 5) is 14.5. The van der Waals surface area contributed by atoms with Crippen LogP contribution in [0.1, 0.15) is 21.6 Å². The van der Waals surface area contributed by atoms with E-state index in [0.717, 1.165) is 22.5 Å². The Hall–Kier alpha value is -2.20. The highest BCUT2D eigenvalue weighted by Gasteiger charge is 2.32. The summed E-state index contributed by atoms with van der Waals surface area (Å²) in [5.41, 5.74) is 4.34. The van der Waals surface area contributed by atoms with Crippen LogP contribution in [0.4, 0.5) is 0 Å². The summed E-state index contributed by atoms with van der Waals surface area (Å²) >= 11 is 6.91. The number of aromatic nitrogens is 2. The molecule has 3 heterocycles. The minimum absolute atomic E-state index is 0.185. The molecule has 1 fully saturated rings. The molecule has 1 aliphatic rings. The number of piperazine rings is 1. The van der Waals surface area contributed by atoms with E-state index in [1.54, 1.807) is 17.0 Å². The molecule has 0 atom stereocenters. The lowest BCUT2D eigenvalue weighted by atomic mass is 10.0. The van der Waals surface area contributed by atoms with Crippen LogP contribution in [0.5, 0.6) is 0 Å². The highest BCUT2D eigenvalue weighted by atomic mass is 35.5. The Labute approximate surface area is 184 Å². The molecule has 0 spiro atoms. The molecular weight excluding hydrogens is 444 g/mol. The van der Waals surface area contributed by atoms with Gasteiger partial charge in [-0.25, -0.2) is 8.42 Å². The summed E-state index contributed by atoms with van der Waals surface area (Å²) in [6.07, 6.45) is 0. The lowest BCUT2D eigenvalue weighted by Gasteiger charge is -2.33. The third-order valence-electron chi connectivity index (χ3n) is 5.13. The molecule has 3 aromatic rings. The topological polar surface area (TPSA) is 86.4 Å². The zero-order valence-electron chi connectivity index (χ0n) is 16.6. The van der Waals surface area contributed by atoms with Crippen LogP contribution in [0.3, 0.4) is 0 Å². The van der Waals surface area contributed by atoms with Crippen LogP contribution < -0.4 is 0 Å². The van der Waals surface area contributed by atoms with Gasteiger partial charge in [0, 0.05) is 31.7 Å². The van der Waals surface area contributed by atoms with E-state index in [2.05, 4.69) is 16.3 Å². The Bertz CT molecular complexity index is 1190. The molecule has 0 aliphatic carbocycles. The molecule has 10 heteroatoms. The first kappa shape index (κ1) is 21.0. The number of carbonyl (C=O) groups is 1. The number of nitrogens with one attached hydrogen (secondary N) is 1. The van der Waals surface area contributed by atoms with E-state index in [1.807, 2.05) is 26.0 Å². The smallest absolute Gasteiger partial charge is 0.271 e. The summed E-state index contributed by atoms with van der Waals surface area (Å²) in [5.74, 6) is -0.185. The number of aromatic amines is 1. The number of halogens is 1. The normalized spacial score (nSPS) is 15.5. The first-order valence-corrected chi connectivity index (χ1v) is 12.1. The molecule has 0 unspecified atom stereocenters. The van der Waals surface area contributed by atoms with Crippen LogP contribution in [-0.4, -0.2) is 59.9 Å². The quantitative estimate of drug-likeness (QED) is 0.639. The molecule has 1 N–H and O–H groups in total. The van der Waals surface area contributed by atoms with Crippen LogP contribution in [0.15, 0.2) is 40.6 Å². The summed E-state index contributed by atoms with van der Waals surface area (Å²) in [6, 6.07) is 10.9. The average molecular weight is 465 g/mol. The number of thiophene rings is 1. The van der Waals surface area contributed by atoms with E-state index in [0.29, 0.717) is 28.8 Å². The van der Waals surface area contributed by atoms with Crippen molar-refractivity contribution in [3.05, 3.63) is 57.6 Å². The van der Waals surface area contributed by atoms with Crippen molar-refractivity contribution in [1.29, 1.82) is 0 Å². The zero-order chi connectivity index (χ0) is 21.5. The highest BCUT2D eigenvalue weighted by molar-refractivity contribution is 7.91. The number of hydrogen-bond acceptors (Lipinski definition) is 5. The van der Waals surface area contributed by atoms with E-state index >= 15 is 0 Å². The number of benzene rings is 1. The maximum atomic E-state index is 12.9. The summed E-state index contributed by atoms with van der Waals surface area (Å²) in [5, 5.41) is 7.13. The number of hydrogen-bond donors (Lipinski definition) is 1. The molecule has 158 valence electrons. The second kappa shape index (κ2) is 8.14. The molecule has 2 aromatic heterocycles. The van der Waals surface area contributed by atoms with E-state index in [4.69, 9.17) is 11.6 Å². The van der Waals surface area contributed by atoms with Crippen molar-refractivity contribution < 1.29 is 13.2 Å². The summed E-state index contributed by atoms with van der Waals surface area (Å²) < 4.78 is 27.5. The SMILES string of the molecule is Cc1ccc(-c2cc(C(=O)N3CCN(S(=O)(=O)c4ccc(Cl)s4)CC3)[nH]n2)c(C)c1. The van der Waals surface area contributed by atoms with Crippen LogP contribution in [0.25, 0.3) is 11.3 Å². The summed E-state index contributed by atoms with van der Waals surface area (Å²) in [7, 11) is -3.59. The van der Waals surface area contributed by atoms with Gasteiger partial charge in [0.25, 0.3) is 15.9 Å². The molecule has 30 heavy (non-hydrogen) atoms. The Balaban J connectivity index is 1.44. The maximum Gasteiger partial charge on any atom is 0.271 e. The second-order valence-corrected chi connectivity index (χ2v) is 11.1. The van der Waals surface area contributed by atoms with E-state index in [9.17, 15) is 13.2 Å². The molecule has 0 radical (unpaired) electrons. The van der Waals surface area contributed by atoms with Gasteiger partial charge in [-0.15, -0.1) is 11.3 Å². The van der Waals surface area contributed by atoms with Crippen molar-refractivity contribution >= 4 is 38.9 Å². The van der Waals surface area contributed by atoms with Crippen molar-refractivity contribution in [2.75, 3.05) is 26.2 Å². The molecule has 1 aliphatic heterocycles. The van der Waals surface area contributed by atoms with Crippen LogP contribution in [0.2, 0.25) is 4.34 Å². The van der Waals surface area contributed by atoms with Crippen LogP contribution >= 0.6 is 22.9 Å². The Morgan fingerprint density at radius 3 is 2.47 bits per heavy atom. The molecular formula is C20H21ClN4O3S2. The Kier molecular flexibility index (Phi) is 5.71. The van der Waals surface area contributed by atoms with Gasteiger partial charge in [-0.1, -0.05) is 35.4 Å². The first-order chi connectivity index (χ1) is 14.3. The number of amides is 1. The van der Waals surface area contributed by atoms with Gasteiger partial charge in [0.2, 0.25) is 0 Å².